The molecule has 0 radical (unpaired) electrons. The topological polar surface area (TPSA) is 30.3 Å². The molecule has 0 amide bonds. The molecule has 1 heterocycles. The first-order valence-electron chi connectivity index (χ1n) is 6.66. The molecule has 19 heavy (non-hydrogen) atoms. The molecule has 0 spiro atoms. The molecule has 0 saturated carbocycles. The van der Waals surface area contributed by atoms with Crippen LogP contribution in [0.15, 0.2) is 18.2 Å². The number of likely N-dealkylation sites (tertiary alicyclic amines) is 1. The number of alkyl halides is 1. The van der Waals surface area contributed by atoms with E-state index in [9.17, 15) is 5.26 Å². The van der Waals surface area contributed by atoms with E-state index < -0.39 is 0 Å². The number of rotatable bonds is 3. The number of hydrogen-bond acceptors (Lipinski definition) is 3. The highest BCUT2D eigenvalue weighted by Gasteiger charge is 2.22. The molecule has 1 aromatic carbocycles. The predicted molar refractivity (Wildman–Crippen MR) is 82.7 cm³/mol. The molecule has 1 aromatic rings. The lowest BCUT2D eigenvalue weighted by molar-refractivity contribution is 0.253. The average molecular weight is 322 g/mol. The SMILES string of the molecule is CN1CCC(N(C)c2ccc(CBr)cc2C#N)CC1. The molecule has 1 aliphatic heterocycles. The monoisotopic (exact) mass is 321 g/mol. The molecule has 1 saturated heterocycles. The first-order valence-corrected chi connectivity index (χ1v) is 7.78. The molecular weight excluding hydrogens is 302 g/mol. The number of nitrogens with zero attached hydrogens (tertiary/aromatic N) is 3. The van der Waals surface area contributed by atoms with Gasteiger partial charge in [-0.2, -0.15) is 5.26 Å². The highest BCUT2D eigenvalue weighted by atomic mass is 79.9. The molecule has 0 aliphatic carbocycles. The van der Waals surface area contributed by atoms with E-state index in [-0.39, 0.29) is 0 Å². The number of benzene rings is 1. The minimum atomic E-state index is 0.540. The maximum atomic E-state index is 9.33. The van der Waals surface area contributed by atoms with E-state index in [0.717, 1.165) is 48.1 Å². The van der Waals surface area contributed by atoms with Crippen LogP contribution in [0.5, 0.6) is 0 Å². The molecular formula is C15H20BrN3. The summed E-state index contributed by atoms with van der Waals surface area (Å²) >= 11 is 3.44. The van der Waals surface area contributed by atoms with E-state index in [1.165, 1.54) is 0 Å². The third kappa shape index (κ3) is 3.29. The van der Waals surface area contributed by atoms with Crippen LogP contribution in [0.3, 0.4) is 0 Å². The Morgan fingerprint density at radius 2 is 2.11 bits per heavy atom. The standard InChI is InChI=1S/C15H20BrN3/c1-18-7-5-14(6-8-18)19(2)15-4-3-12(10-16)9-13(15)11-17/h3-4,9,14H,5-8,10H2,1-2H3. The predicted octanol–water partition coefficient (Wildman–Crippen LogP) is 2.98. The molecule has 1 fully saturated rings. The van der Waals surface area contributed by atoms with Crippen molar-refractivity contribution in [3.8, 4) is 6.07 Å². The van der Waals surface area contributed by atoms with Gasteiger partial charge in [0, 0.05) is 18.4 Å². The molecule has 1 aliphatic rings. The summed E-state index contributed by atoms with van der Waals surface area (Å²) in [4.78, 5) is 4.65. The Bertz CT molecular complexity index is 473. The Balaban J connectivity index is 2.19. The van der Waals surface area contributed by atoms with E-state index in [2.05, 4.69) is 58.0 Å². The van der Waals surface area contributed by atoms with Gasteiger partial charge in [0.05, 0.1) is 11.3 Å². The van der Waals surface area contributed by atoms with Crippen LogP contribution in [-0.4, -0.2) is 38.1 Å². The van der Waals surface area contributed by atoms with Crippen molar-refractivity contribution in [2.24, 2.45) is 0 Å². The lowest BCUT2D eigenvalue weighted by Crippen LogP contribution is -2.42. The van der Waals surface area contributed by atoms with Gasteiger partial charge < -0.3 is 9.80 Å². The second-order valence-electron chi connectivity index (χ2n) is 5.24. The average Bonchev–Trinajstić information content (AvgIpc) is 2.46. The number of hydrogen-bond donors (Lipinski definition) is 0. The fourth-order valence-corrected chi connectivity index (χ4v) is 2.99. The Hall–Kier alpha value is -1.05. The third-order valence-electron chi connectivity index (χ3n) is 3.95. The summed E-state index contributed by atoms with van der Waals surface area (Å²) in [7, 11) is 4.28. The zero-order valence-electron chi connectivity index (χ0n) is 11.6. The highest BCUT2D eigenvalue weighted by molar-refractivity contribution is 9.08. The molecule has 3 nitrogen and oxygen atoms in total. The maximum absolute atomic E-state index is 9.33. The molecule has 2 rings (SSSR count). The summed E-state index contributed by atoms with van der Waals surface area (Å²) in [6, 6.07) is 9.02. The molecule has 0 atom stereocenters. The van der Waals surface area contributed by atoms with Crippen molar-refractivity contribution in [3.63, 3.8) is 0 Å². The van der Waals surface area contributed by atoms with Crippen LogP contribution in [0.1, 0.15) is 24.0 Å². The zero-order valence-corrected chi connectivity index (χ0v) is 13.2. The van der Waals surface area contributed by atoms with Crippen molar-refractivity contribution < 1.29 is 0 Å². The van der Waals surface area contributed by atoms with Gasteiger partial charge in [-0.05, 0) is 50.7 Å². The molecule has 0 N–H and O–H groups in total. The summed E-state index contributed by atoms with van der Waals surface area (Å²) in [5, 5.41) is 10.1. The summed E-state index contributed by atoms with van der Waals surface area (Å²) < 4.78 is 0. The van der Waals surface area contributed by atoms with Crippen molar-refractivity contribution in [3.05, 3.63) is 29.3 Å². The largest absolute Gasteiger partial charge is 0.370 e. The first-order chi connectivity index (χ1) is 9.15. The lowest BCUT2D eigenvalue weighted by atomic mass is 10.0. The van der Waals surface area contributed by atoms with Crippen LogP contribution in [0.4, 0.5) is 5.69 Å². The fraction of sp³-hybridized carbons (Fsp3) is 0.533. The minimum absolute atomic E-state index is 0.540. The van der Waals surface area contributed by atoms with E-state index in [4.69, 9.17) is 0 Å². The first kappa shape index (κ1) is 14.4. The van der Waals surface area contributed by atoms with Gasteiger partial charge in [0.25, 0.3) is 0 Å². The zero-order chi connectivity index (χ0) is 13.8. The number of halogens is 1. The van der Waals surface area contributed by atoms with Crippen LogP contribution in [0.2, 0.25) is 0 Å². The van der Waals surface area contributed by atoms with Crippen molar-refractivity contribution in [2.75, 3.05) is 32.1 Å². The summed E-state index contributed by atoms with van der Waals surface area (Å²) in [5.74, 6) is 0. The van der Waals surface area contributed by atoms with Gasteiger partial charge in [0.1, 0.15) is 6.07 Å². The Morgan fingerprint density at radius 3 is 2.68 bits per heavy atom. The number of nitriles is 1. The van der Waals surface area contributed by atoms with E-state index in [0.29, 0.717) is 6.04 Å². The summed E-state index contributed by atoms with van der Waals surface area (Å²) in [6.07, 6.45) is 2.33. The van der Waals surface area contributed by atoms with Crippen molar-refractivity contribution in [1.29, 1.82) is 5.26 Å². The lowest BCUT2D eigenvalue weighted by Gasteiger charge is -2.36. The number of anilines is 1. The molecule has 0 aromatic heterocycles. The smallest absolute Gasteiger partial charge is 0.101 e. The fourth-order valence-electron chi connectivity index (χ4n) is 2.64. The number of piperidine rings is 1. The molecule has 0 bridgehead atoms. The van der Waals surface area contributed by atoms with E-state index in [1.807, 2.05) is 6.07 Å². The van der Waals surface area contributed by atoms with Gasteiger partial charge >= 0.3 is 0 Å². The van der Waals surface area contributed by atoms with Gasteiger partial charge in [-0.3, -0.25) is 0 Å². The normalized spacial score (nSPS) is 17.2. The minimum Gasteiger partial charge on any atom is -0.370 e. The summed E-state index contributed by atoms with van der Waals surface area (Å²) in [6.45, 7) is 2.27. The second-order valence-corrected chi connectivity index (χ2v) is 5.80. The van der Waals surface area contributed by atoms with Gasteiger partial charge in [0.2, 0.25) is 0 Å². The van der Waals surface area contributed by atoms with Crippen LogP contribution in [-0.2, 0) is 5.33 Å². The van der Waals surface area contributed by atoms with Gasteiger partial charge in [-0.25, -0.2) is 0 Å². The van der Waals surface area contributed by atoms with Gasteiger partial charge in [0.15, 0.2) is 0 Å². The Kier molecular flexibility index (Phi) is 4.84. The van der Waals surface area contributed by atoms with Crippen molar-refractivity contribution >= 4 is 21.6 Å². The Labute approximate surface area is 123 Å². The van der Waals surface area contributed by atoms with Crippen LogP contribution in [0.25, 0.3) is 0 Å². The van der Waals surface area contributed by atoms with Crippen molar-refractivity contribution in [2.45, 2.75) is 24.2 Å². The van der Waals surface area contributed by atoms with Crippen LogP contribution < -0.4 is 4.90 Å². The molecule has 0 unspecified atom stereocenters. The van der Waals surface area contributed by atoms with Gasteiger partial charge in [-0.15, -0.1) is 0 Å². The van der Waals surface area contributed by atoms with Crippen LogP contribution >= 0.6 is 15.9 Å². The van der Waals surface area contributed by atoms with Gasteiger partial charge in [-0.1, -0.05) is 22.0 Å². The second kappa shape index (κ2) is 6.40. The third-order valence-corrected chi connectivity index (χ3v) is 4.60. The molecule has 4 heteroatoms. The highest BCUT2D eigenvalue weighted by Crippen LogP contribution is 2.26. The maximum Gasteiger partial charge on any atom is 0.101 e. The van der Waals surface area contributed by atoms with Crippen LogP contribution in [0, 0.1) is 11.3 Å². The summed E-state index contributed by atoms with van der Waals surface area (Å²) in [5.41, 5.74) is 2.98. The van der Waals surface area contributed by atoms with E-state index in [1.54, 1.807) is 0 Å². The van der Waals surface area contributed by atoms with E-state index >= 15 is 0 Å². The quantitative estimate of drug-likeness (QED) is 0.802. The Morgan fingerprint density at radius 1 is 1.42 bits per heavy atom. The molecule has 102 valence electrons. The van der Waals surface area contributed by atoms with Crippen molar-refractivity contribution in [1.82, 2.24) is 4.90 Å².